The zero-order chi connectivity index (χ0) is 18.2. The van der Waals surface area contributed by atoms with Crippen LogP contribution in [0.15, 0.2) is 42.5 Å². The summed E-state index contributed by atoms with van der Waals surface area (Å²) in [4.78, 5) is 10.9. The minimum atomic E-state index is -1.21. The van der Waals surface area contributed by atoms with Gasteiger partial charge in [-0.1, -0.05) is 0 Å². The molecule has 1 unspecified atom stereocenters. The standard InChI is InChI=1S/C18H20O7/c1-3-23-17(25-13-6-4-12(22-2)5-7-13)11-24-14-8-9-15(18(20)21)16(19)10-14/h4-10,17,19H,3,11H2,1-2H3,(H,20,21). The van der Waals surface area contributed by atoms with E-state index in [2.05, 4.69) is 0 Å². The van der Waals surface area contributed by atoms with Gasteiger partial charge in [-0.25, -0.2) is 4.79 Å². The molecule has 2 rings (SSSR count). The van der Waals surface area contributed by atoms with Crippen molar-refractivity contribution in [2.75, 3.05) is 20.3 Å². The highest BCUT2D eigenvalue weighted by Crippen LogP contribution is 2.24. The Morgan fingerprint density at radius 2 is 1.72 bits per heavy atom. The van der Waals surface area contributed by atoms with Gasteiger partial charge in [0.25, 0.3) is 0 Å². The summed E-state index contributed by atoms with van der Waals surface area (Å²) in [5.41, 5.74) is -0.191. The Labute approximate surface area is 145 Å². The number of ether oxygens (including phenoxy) is 4. The average Bonchev–Trinajstić information content (AvgIpc) is 2.60. The van der Waals surface area contributed by atoms with Gasteiger partial charge in [0, 0.05) is 12.7 Å². The van der Waals surface area contributed by atoms with Crippen molar-refractivity contribution in [1.29, 1.82) is 0 Å². The largest absolute Gasteiger partial charge is 0.507 e. The first-order valence-electron chi connectivity index (χ1n) is 7.65. The topological polar surface area (TPSA) is 94.5 Å². The molecule has 7 nitrogen and oxygen atoms in total. The molecule has 0 heterocycles. The van der Waals surface area contributed by atoms with Gasteiger partial charge in [0.05, 0.1) is 7.11 Å². The first-order valence-corrected chi connectivity index (χ1v) is 7.65. The number of aromatic hydroxyl groups is 1. The summed E-state index contributed by atoms with van der Waals surface area (Å²) in [6.45, 7) is 2.32. The first kappa shape index (κ1) is 18.4. The molecule has 2 aromatic carbocycles. The number of benzene rings is 2. The Bertz CT molecular complexity index is 697. The van der Waals surface area contributed by atoms with Crippen LogP contribution in [0.25, 0.3) is 0 Å². The second kappa shape index (κ2) is 8.79. The van der Waals surface area contributed by atoms with Crippen LogP contribution in [0.2, 0.25) is 0 Å². The van der Waals surface area contributed by atoms with E-state index >= 15 is 0 Å². The van der Waals surface area contributed by atoms with Crippen LogP contribution >= 0.6 is 0 Å². The quantitative estimate of drug-likeness (QED) is 0.673. The Morgan fingerprint density at radius 3 is 2.28 bits per heavy atom. The van der Waals surface area contributed by atoms with E-state index in [0.717, 1.165) is 0 Å². The number of carbonyl (C=O) groups is 1. The number of carboxylic acids is 1. The molecule has 0 spiro atoms. The molecule has 25 heavy (non-hydrogen) atoms. The summed E-state index contributed by atoms with van der Waals surface area (Å²) in [6.07, 6.45) is -0.667. The second-order valence-electron chi connectivity index (χ2n) is 4.97. The van der Waals surface area contributed by atoms with E-state index in [1.165, 1.54) is 18.2 Å². The highest BCUT2D eigenvalue weighted by atomic mass is 16.7. The molecule has 0 aliphatic rings. The number of rotatable bonds is 9. The zero-order valence-electron chi connectivity index (χ0n) is 14.0. The molecule has 0 saturated carbocycles. The van der Waals surface area contributed by atoms with Crippen molar-refractivity contribution in [1.82, 2.24) is 0 Å². The third-order valence-electron chi connectivity index (χ3n) is 3.27. The smallest absolute Gasteiger partial charge is 0.339 e. The van der Waals surface area contributed by atoms with Crippen molar-refractivity contribution in [3.05, 3.63) is 48.0 Å². The molecule has 1 atom stereocenters. The molecule has 0 saturated heterocycles. The van der Waals surface area contributed by atoms with Gasteiger partial charge in [-0.15, -0.1) is 0 Å². The first-order chi connectivity index (χ1) is 12.0. The lowest BCUT2D eigenvalue weighted by atomic mass is 10.2. The van der Waals surface area contributed by atoms with Crippen molar-refractivity contribution in [2.24, 2.45) is 0 Å². The lowest BCUT2D eigenvalue weighted by Gasteiger charge is -2.19. The monoisotopic (exact) mass is 348 g/mol. The van der Waals surface area contributed by atoms with E-state index in [1.54, 1.807) is 31.4 Å². The lowest BCUT2D eigenvalue weighted by Crippen LogP contribution is -2.28. The maximum atomic E-state index is 10.9. The predicted molar refractivity (Wildman–Crippen MR) is 89.6 cm³/mol. The van der Waals surface area contributed by atoms with Crippen LogP contribution in [0.3, 0.4) is 0 Å². The predicted octanol–water partition coefficient (Wildman–Crippen LogP) is 2.92. The fourth-order valence-electron chi connectivity index (χ4n) is 2.05. The maximum Gasteiger partial charge on any atom is 0.339 e. The van der Waals surface area contributed by atoms with Gasteiger partial charge in [-0.05, 0) is 43.3 Å². The van der Waals surface area contributed by atoms with Crippen molar-refractivity contribution in [3.8, 4) is 23.0 Å². The maximum absolute atomic E-state index is 10.9. The summed E-state index contributed by atoms with van der Waals surface area (Å²) in [6, 6.07) is 11.0. The molecule has 7 heteroatoms. The van der Waals surface area contributed by atoms with Crippen molar-refractivity contribution >= 4 is 5.97 Å². The van der Waals surface area contributed by atoms with Crippen LogP contribution in [-0.4, -0.2) is 42.8 Å². The molecular formula is C18H20O7. The van der Waals surface area contributed by atoms with E-state index in [-0.39, 0.29) is 17.9 Å². The van der Waals surface area contributed by atoms with Gasteiger partial charge in [-0.3, -0.25) is 0 Å². The van der Waals surface area contributed by atoms with Gasteiger partial charge in [0.1, 0.15) is 28.6 Å². The SMILES string of the molecule is CCOC(COc1ccc(C(=O)O)c(O)c1)Oc1ccc(OC)cc1. The van der Waals surface area contributed by atoms with Crippen molar-refractivity contribution in [3.63, 3.8) is 0 Å². The summed E-state index contributed by atoms with van der Waals surface area (Å²) < 4.78 is 21.8. The van der Waals surface area contributed by atoms with Crippen LogP contribution in [0, 0.1) is 0 Å². The summed E-state index contributed by atoms with van der Waals surface area (Å²) in [5, 5.41) is 18.6. The Morgan fingerprint density at radius 1 is 1.08 bits per heavy atom. The van der Waals surface area contributed by atoms with Gasteiger partial charge in [-0.2, -0.15) is 0 Å². The molecule has 0 aliphatic heterocycles. The minimum absolute atomic E-state index is 0.0612. The molecule has 0 amide bonds. The fraction of sp³-hybridized carbons (Fsp3) is 0.278. The Balaban J connectivity index is 1.98. The Hall–Kier alpha value is -2.93. The molecule has 0 radical (unpaired) electrons. The van der Waals surface area contributed by atoms with Crippen molar-refractivity contribution < 1.29 is 34.0 Å². The van der Waals surface area contributed by atoms with Crippen molar-refractivity contribution in [2.45, 2.75) is 13.2 Å². The van der Waals surface area contributed by atoms with Gasteiger partial charge >= 0.3 is 5.97 Å². The number of hydrogen-bond acceptors (Lipinski definition) is 6. The molecule has 0 fully saturated rings. The van der Waals surface area contributed by atoms with E-state index in [0.29, 0.717) is 23.9 Å². The number of carboxylic acid groups (broad SMARTS) is 1. The Kier molecular flexibility index (Phi) is 6.47. The molecule has 2 N–H and O–H groups in total. The summed E-state index contributed by atoms with van der Waals surface area (Å²) >= 11 is 0. The van der Waals surface area contributed by atoms with E-state index < -0.39 is 12.3 Å². The molecule has 0 aliphatic carbocycles. The summed E-state index contributed by atoms with van der Waals surface area (Å²) in [7, 11) is 1.58. The highest BCUT2D eigenvalue weighted by Gasteiger charge is 2.14. The molecule has 0 bridgehead atoms. The number of methoxy groups -OCH3 is 1. The van der Waals surface area contributed by atoms with Crippen LogP contribution in [-0.2, 0) is 4.74 Å². The molecule has 0 aromatic heterocycles. The average molecular weight is 348 g/mol. The van der Waals surface area contributed by atoms with Crippen LogP contribution in [0.4, 0.5) is 0 Å². The zero-order valence-corrected chi connectivity index (χ0v) is 14.0. The van der Waals surface area contributed by atoms with E-state index in [4.69, 9.17) is 24.1 Å². The normalized spacial score (nSPS) is 11.6. The lowest BCUT2D eigenvalue weighted by molar-refractivity contribution is -0.0972. The van der Waals surface area contributed by atoms with E-state index in [1.807, 2.05) is 6.92 Å². The molecular weight excluding hydrogens is 328 g/mol. The number of hydrogen-bond donors (Lipinski definition) is 2. The fourth-order valence-corrected chi connectivity index (χ4v) is 2.05. The molecule has 134 valence electrons. The van der Waals surface area contributed by atoms with Crippen LogP contribution in [0.5, 0.6) is 23.0 Å². The van der Waals surface area contributed by atoms with Gasteiger partial charge in [0.2, 0.25) is 6.29 Å². The van der Waals surface area contributed by atoms with Crippen LogP contribution in [0.1, 0.15) is 17.3 Å². The highest BCUT2D eigenvalue weighted by molar-refractivity contribution is 5.90. The molecule has 2 aromatic rings. The third-order valence-corrected chi connectivity index (χ3v) is 3.27. The second-order valence-corrected chi connectivity index (χ2v) is 4.97. The summed E-state index contributed by atoms with van der Waals surface area (Å²) in [5.74, 6) is 0.0381. The number of phenols is 1. The van der Waals surface area contributed by atoms with E-state index in [9.17, 15) is 9.90 Å². The number of aromatic carboxylic acids is 1. The minimum Gasteiger partial charge on any atom is -0.507 e. The van der Waals surface area contributed by atoms with Crippen LogP contribution < -0.4 is 14.2 Å². The van der Waals surface area contributed by atoms with Gasteiger partial charge < -0.3 is 29.2 Å². The third kappa shape index (κ3) is 5.29. The van der Waals surface area contributed by atoms with Gasteiger partial charge in [0.15, 0.2) is 6.61 Å².